The van der Waals surface area contributed by atoms with Gasteiger partial charge in [0.05, 0.1) is 5.52 Å². The Bertz CT molecular complexity index is 775. The van der Waals surface area contributed by atoms with Crippen LogP contribution in [-0.4, -0.2) is 15.6 Å². The fraction of sp³-hybridized carbons (Fsp3) is 0.333. The Labute approximate surface area is 121 Å². The molecule has 0 radical (unpaired) electrons. The first-order chi connectivity index (χ1) is 9.25. The van der Waals surface area contributed by atoms with E-state index >= 15 is 0 Å². The lowest BCUT2D eigenvalue weighted by molar-refractivity contribution is 0.0682. The first-order valence-corrected chi connectivity index (χ1v) is 6.71. The number of rotatable bonds is 2. The van der Waals surface area contributed by atoms with Gasteiger partial charge >= 0.3 is 5.97 Å². The second kappa shape index (κ2) is 4.94. The Kier molecular flexibility index (Phi) is 3.61. The van der Waals surface area contributed by atoms with Crippen molar-refractivity contribution in [3.05, 3.63) is 44.2 Å². The molecule has 2 aromatic rings. The maximum atomic E-state index is 12.4. The van der Waals surface area contributed by atoms with Crippen LogP contribution in [0, 0.1) is 13.8 Å². The van der Waals surface area contributed by atoms with Crippen LogP contribution in [0.15, 0.2) is 16.9 Å². The molecule has 0 spiro atoms. The summed E-state index contributed by atoms with van der Waals surface area (Å²) in [4.78, 5) is 23.9. The highest BCUT2D eigenvalue weighted by molar-refractivity contribution is 6.31. The zero-order valence-electron chi connectivity index (χ0n) is 11.8. The molecule has 1 aromatic heterocycles. The lowest BCUT2D eigenvalue weighted by atomic mass is 10.0. The van der Waals surface area contributed by atoms with Crippen LogP contribution in [0.3, 0.4) is 0 Å². The molecule has 0 saturated carbocycles. The number of hydrogen-bond donors (Lipinski definition) is 1. The number of benzene rings is 1. The Morgan fingerprint density at radius 2 is 1.90 bits per heavy atom. The molecule has 0 fully saturated rings. The van der Waals surface area contributed by atoms with E-state index in [0.717, 1.165) is 5.56 Å². The van der Waals surface area contributed by atoms with Crippen molar-refractivity contribution in [1.29, 1.82) is 0 Å². The SMILES string of the molecule is Cc1c(C(=O)O)n(C(C)C)c2c(C)cc(Cl)cc2c1=O. The quantitative estimate of drug-likeness (QED) is 0.921. The summed E-state index contributed by atoms with van der Waals surface area (Å²) < 4.78 is 1.69. The van der Waals surface area contributed by atoms with E-state index in [1.165, 1.54) is 0 Å². The standard InChI is InChI=1S/C15H16ClNO3/c1-7(2)17-12-8(3)5-10(16)6-11(12)14(18)9(4)13(17)15(19)20/h5-7H,1-4H3,(H,19,20). The third-order valence-electron chi connectivity index (χ3n) is 3.41. The lowest BCUT2D eigenvalue weighted by Gasteiger charge is -2.21. The third kappa shape index (κ3) is 2.10. The number of carbonyl (C=O) groups is 1. The predicted octanol–water partition coefficient (Wildman–Crippen LogP) is 3.55. The number of fused-ring (bicyclic) bond motifs is 1. The number of carboxylic acid groups (broad SMARTS) is 1. The summed E-state index contributed by atoms with van der Waals surface area (Å²) in [7, 11) is 0. The fourth-order valence-corrected chi connectivity index (χ4v) is 2.88. The largest absolute Gasteiger partial charge is 0.477 e. The first kappa shape index (κ1) is 14.6. The lowest BCUT2D eigenvalue weighted by Crippen LogP contribution is -2.23. The van der Waals surface area contributed by atoms with Gasteiger partial charge in [0.25, 0.3) is 0 Å². The maximum absolute atomic E-state index is 12.4. The molecule has 0 atom stereocenters. The maximum Gasteiger partial charge on any atom is 0.352 e. The van der Waals surface area contributed by atoms with E-state index in [2.05, 4.69) is 0 Å². The molecule has 0 aliphatic carbocycles. The van der Waals surface area contributed by atoms with Crippen LogP contribution in [0.5, 0.6) is 0 Å². The molecule has 0 aliphatic heterocycles. The molecule has 1 heterocycles. The molecule has 1 N–H and O–H groups in total. The highest BCUT2D eigenvalue weighted by atomic mass is 35.5. The minimum Gasteiger partial charge on any atom is -0.477 e. The molecule has 0 amide bonds. The smallest absolute Gasteiger partial charge is 0.352 e. The van der Waals surface area contributed by atoms with Crippen LogP contribution in [0.2, 0.25) is 5.02 Å². The predicted molar refractivity (Wildman–Crippen MR) is 80.0 cm³/mol. The fourth-order valence-electron chi connectivity index (χ4n) is 2.61. The number of aryl methyl sites for hydroxylation is 1. The Balaban J connectivity index is 3.18. The van der Waals surface area contributed by atoms with Crippen molar-refractivity contribution in [1.82, 2.24) is 4.57 Å². The molecular weight excluding hydrogens is 278 g/mol. The molecule has 2 rings (SSSR count). The van der Waals surface area contributed by atoms with Crippen molar-refractivity contribution < 1.29 is 9.90 Å². The van der Waals surface area contributed by atoms with Gasteiger partial charge in [0.1, 0.15) is 5.69 Å². The summed E-state index contributed by atoms with van der Waals surface area (Å²) >= 11 is 6.02. The van der Waals surface area contributed by atoms with Gasteiger partial charge < -0.3 is 9.67 Å². The van der Waals surface area contributed by atoms with Crippen molar-refractivity contribution in [2.75, 3.05) is 0 Å². The minimum absolute atomic E-state index is 0.0444. The Morgan fingerprint density at radius 1 is 1.30 bits per heavy atom. The van der Waals surface area contributed by atoms with Crippen molar-refractivity contribution in [3.63, 3.8) is 0 Å². The van der Waals surface area contributed by atoms with Crippen LogP contribution in [-0.2, 0) is 0 Å². The molecular formula is C15H16ClNO3. The average Bonchev–Trinajstić information content (AvgIpc) is 2.32. The highest BCUT2D eigenvalue weighted by Crippen LogP contribution is 2.26. The van der Waals surface area contributed by atoms with E-state index in [9.17, 15) is 14.7 Å². The van der Waals surface area contributed by atoms with Crippen molar-refractivity contribution in [2.24, 2.45) is 0 Å². The van der Waals surface area contributed by atoms with Gasteiger partial charge in [-0.15, -0.1) is 0 Å². The van der Waals surface area contributed by atoms with Crippen molar-refractivity contribution in [3.8, 4) is 0 Å². The number of aromatic nitrogens is 1. The summed E-state index contributed by atoms with van der Waals surface area (Å²) in [5.74, 6) is -1.09. The number of hydrogen-bond acceptors (Lipinski definition) is 2. The van der Waals surface area contributed by atoms with Crippen molar-refractivity contribution >= 4 is 28.5 Å². The van der Waals surface area contributed by atoms with E-state index in [1.54, 1.807) is 23.6 Å². The molecule has 0 unspecified atom stereocenters. The monoisotopic (exact) mass is 293 g/mol. The zero-order chi connectivity index (χ0) is 15.2. The average molecular weight is 294 g/mol. The number of pyridine rings is 1. The van der Waals surface area contributed by atoms with E-state index in [0.29, 0.717) is 15.9 Å². The van der Waals surface area contributed by atoms with Crippen LogP contribution in [0.1, 0.15) is 41.5 Å². The van der Waals surface area contributed by atoms with Gasteiger partial charge in [-0.1, -0.05) is 11.6 Å². The van der Waals surface area contributed by atoms with Gasteiger partial charge in [-0.2, -0.15) is 0 Å². The first-order valence-electron chi connectivity index (χ1n) is 6.34. The molecule has 20 heavy (non-hydrogen) atoms. The minimum atomic E-state index is -1.09. The summed E-state index contributed by atoms with van der Waals surface area (Å²) in [6.07, 6.45) is 0. The second-order valence-electron chi connectivity index (χ2n) is 5.19. The number of aromatic carboxylic acids is 1. The van der Waals surface area contributed by atoms with Crippen LogP contribution in [0.25, 0.3) is 10.9 Å². The van der Waals surface area contributed by atoms with Crippen LogP contribution >= 0.6 is 11.6 Å². The van der Waals surface area contributed by atoms with Crippen molar-refractivity contribution in [2.45, 2.75) is 33.7 Å². The Morgan fingerprint density at radius 3 is 2.40 bits per heavy atom. The van der Waals surface area contributed by atoms with E-state index < -0.39 is 5.97 Å². The Hall–Kier alpha value is -1.81. The van der Waals surface area contributed by atoms with Gasteiger partial charge in [-0.05, 0) is 45.4 Å². The van der Waals surface area contributed by atoms with E-state index in [1.807, 2.05) is 20.8 Å². The number of halogens is 1. The van der Waals surface area contributed by atoms with E-state index in [-0.39, 0.29) is 22.7 Å². The van der Waals surface area contributed by atoms with Gasteiger partial charge in [-0.25, -0.2) is 4.79 Å². The molecule has 0 aliphatic rings. The molecule has 5 heteroatoms. The van der Waals surface area contributed by atoms with Crippen LogP contribution in [0.4, 0.5) is 0 Å². The van der Waals surface area contributed by atoms with Gasteiger partial charge in [0, 0.05) is 22.0 Å². The highest BCUT2D eigenvalue weighted by Gasteiger charge is 2.22. The van der Waals surface area contributed by atoms with Gasteiger partial charge in [-0.3, -0.25) is 4.79 Å². The molecule has 106 valence electrons. The second-order valence-corrected chi connectivity index (χ2v) is 5.63. The summed E-state index contributed by atoms with van der Waals surface area (Å²) in [5.41, 5.74) is 1.43. The molecule has 0 bridgehead atoms. The molecule has 4 nitrogen and oxygen atoms in total. The summed E-state index contributed by atoms with van der Waals surface area (Å²) in [6.45, 7) is 7.15. The molecule has 0 saturated heterocycles. The number of nitrogens with zero attached hydrogens (tertiary/aromatic N) is 1. The molecule has 1 aromatic carbocycles. The van der Waals surface area contributed by atoms with Crippen LogP contribution < -0.4 is 5.43 Å². The van der Waals surface area contributed by atoms with E-state index in [4.69, 9.17) is 11.6 Å². The van der Waals surface area contributed by atoms with Gasteiger partial charge in [0.2, 0.25) is 0 Å². The number of carboxylic acids is 1. The zero-order valence-corrected chi connectivity index (χ0v) is 12.6. The summed E-state index contributed by atoms with van der Waals surface area (Å²) in [6, 6.07) is 3.26. The summed E-state index contributed by atoms with van der Waals surface area (Å²) in [5, 5.41) is 10.4. The topological polar surface area (TPSA) is 59.3 Å². The van der Waals surface area contributed by atoms with Gasteiger partial charge in [0.15, 0.2) is 5.43 Å². The normalized spacial score (nSPS) is 11.3. The third-order valence-corrected chi connectivity index (χ3v) is 3.62.